The molecule has 1 aromatic carbocycles. The van der Waals surface area contributed by atoms with Gasteiger partial charge in [0, 0.05) is 31.1 Å². The van der Waals surface area contributed by atoms with Gasteiger partial charge in [0.25, 0.3) is 5.56 Å². The number of fused-ring (bicyclic) bond motifs is 3. The summed E-state index contributed by atoms with van der Waals surface area (Å²) in [6, 6.07) is 9.27. The number of benzene rings is 1. The summed E-state index contributed by atoms with van der Waals surface area (Å²) in [7, 11) is 4.00. The molecule has 0 saturated heterocycles. The average Bonchev–Trinajstić information content (AvgIpc) is 3.07. The van der Waals surface area contributed by atoms with Crippen molar-refractivity contribution in [3.05, 3.63) is 61.6 Å². The lowest BCUT2D eigenvalue weighted by atomic mass is 10.1. The van der Waals surface area contributed by atoms with Crippen LogP contribution in [0.2, 0.25) is 0 Å². The van der Waals surface area contributed by atoms with Gasteiger partial charge in [-0.3, -0.25) is 14.3 Å². The third-order valence-corrected chi connectivity index (χ3v) is 6.77. The van der Waals surface area contributed by atoms with E-state index in [1.54, 1.807) is 15.9 Å². The monoisotopic (exact) mass is 412 g/mol. The van der Waals surface area contributed by atoms with Crippen LogP contribution in [-0.4, -0.2) is 52.7 Å². The van der Waals surface area contributed by atoms with Crippen molar-refractivity contribution >= 4 is 21.6 Å². The van der Waals surface area contributed by atoms with Gasteiger partial charge in [0.1, 0.15) is 4.83 Å². The van der Waals surface area contributed by atoms with Crippen molar-refractivity contribution < 1.29 is 0 Å². The number of likely N-dealkylation sites (N-methyl/N-ethyl adjacent to an activating group) is 1. The summed E-state index contributed by atoms with van der Waals surface area (Å²) in [6.45, 7) is 6.40. The molecule has 0 saturated carbocycles. The van der Waals surface area contributed by atoms with E-state index in [9.17, 15) is 9.59 Å². The molecule has 0 atom stereocenters. The molecular formula is C22H28N4O2S. The molecule has 0 spiro atoms. The number of thiophene rings is 1. The van der Waals surface area contributed by atoms with E-state index in [-0.39, 0.29) is 11.2 Å². The van der Waals surface area contributed by atoms with E-state index in [0.717, 1.165) is 54.8 Å². The molecule has 0 amide bonds. The molecular weight excluding hydrogens is 384 g/mol. The van der Waals surface area contributed by atoms with Gasteiger partial charge in [-0.15, -0.1) is 11.3 Å². The van der Waals surface area contributed by atoms with E-state index in [1.807, 2.05) is 44.4 Å². The summed E-state index contributed by atoms with van der Waals surface area (Å²) in [5.74, 6) is 0. The maximum absolute atomic E-state index is 13.5. The minimum atomic E-state index is -0.250. The van der Waals surface area contributed by atoms with Crippen LogP contribution in [0.5, 0.6) is 0 Å². The molecule has 154 valence electrons. The van der Waals surface area contributed by atoms with Crippen LogP contribution in [0.3, 0.4) is 0 Å². The number of hydrogen-bond acceptors (Lipinski definition) is 5. The molecule has 0 aliphatic carbocycles. The van der Waals surface area contributed by atoms with Crippen LogP contribution >= 0.6 is 11.3 Å². The summed E-state index contributed by atoms with van der Waals surface area (Å²) < 4.78 is 3.15. The summed E-state index contributed by atoms with van der Waals surface area (Å²) in [5, 5.41) is 0.739. The Hall–Kier alpha value is -2.22. The zero-order chi connectivity index (χ0) is 20.5. The van der Waals surface area contributed by atoms with Crippen molar-refractivity contribution in [1.82, 2.24) is 18.9 Å². The fourth-order valence-corrected chi connectivity index (χ4v) is 5.47. The van der Waals surface area contributed by atoms with E-state index in [0.29, 0.717) is 12.2 Å². The summed E-state index contributed by atoms with van der Waals surface area (Å²) in [4.78, 5) is 33.5. The van der Waals surface area contributed by atoms with Crippen molar-refractivity contribution in [3.8, 4) is 5.69 Å². The number of aromatic nitrogens is 2. The van der Waals surface area contributed by atoms with Crippen LogP contribution in [0.1, 0.15) is 23.8 Å². The Kier molecular flexibility index (Phi) is 5.72. The largest absolute Gasteiger partial charge is 0.336 e. The molecule has 3 heterocycles. The van der Waals surface area contributed by atoms with Gasteiger partial charge >= 0.3 is 5.69 Å². The van der Waals surface area contributed by atoms with Gasteiger partial charge < -0.3 is 4.90 Å². The Balaban J connectivity index is 1.96. The molecule has 1 aliphatic rings. The van der Waals surface area contributed by atoms with E-state index >= 15 is 0 Å². The highest BCUT2D eigenvalue weighted by Gasteiger charge is 2.26. The van der Waals surface area contributed by atoms with E-state index < -0.39 is 0 Å². The first-order chi connectivity index (χ1) is 14.0. The molecule has 0 radical (unpaired) electrons. The van der Waals surface area contributed by atoms with E-state index in [4.69, 9.17) is 0 Å². The number of rotatable bonds is 6. The Morgan fingerprint density at radius 2 is 1.86 bits per heavy atom. The van der Waals surface area contributed by atoms with Crippen LogP contribution in [0.15, 0.2) is 39.9 Å². The minimum Gasteiger partial charge on any atom is -0.308 e. The van der Waals surface area contributed by atoms with Gasteiger partial charge in [-0.2, -0.15) is 0 Å². The third-order valence-electron chi connectivity index (χ3n) is 5.53. The van der Waals surface area contributed by atoms with Gasteiger partial charge in [-0.25, -0.2) is 9.36 Å². The fourth-order valence-electron chi connectivity index (χ4n) is 4.07. The number of para-hydroxylation sites is 1. The summed E-state index contributed by atoms with van der Waals surface area (Å²) >= 11 is 1.63. The molecule has 4 rings (SSSR count). The second kappa shape index (κ2) is 8.26. The van der Waals surface area contributed by atoms with Crippen LogP contribution in [0, 0.1) is 0 Å². The van der Waals surface area contributed by atoms with Crippen molar-refractivity contribution in [2.75, 3.05) is 33.7 Å². The first-order valence-electron chi connectivity index (χ1n) is 10.2. The van der Waals surface area contributed by atoms with Gasteiger partial charge in [-0.1, -0.05) is 25.1 Å². The first kappa shape index (κ1) is 20.1. The molecule has 0 fully saturated rings. The molecule has 0 N–H and O–H groups in total. The van der Waals surface area contributed by atoms with Crippen molar-refractivity contribution in [3.63, 3.8) is 0 Å². The highest BCUT2D eigenvalue weighted by atomic mass is 32.1. The Morgan fingerprint density at radius 1 is 1.10 bits per heavy atom. The lowest BCUT2D eigenvalue weighted by molar-refractivity contribution is 0.258. The Labute approximate surface area is 174 Å². The molecule has 3 aromatic rings. The van der Waals surface area contributed by atoms with E-state index in [2.05, 4.69) is 16.7 Å². The normalized spacial score (nSPS) is 14.6. The highest BCUT2D eigenvalue weighted by molar-refractivity contribution is 7.18. The lowest BCUT2D eigenvalue weighted by Crippen LogP contribution is -2.40. The number of hydrogen-bond donors (Lipinski definition) is 0. The zero-order valence-electron chi connectivity index (χ0n) is 17.4. The number of nitrogens with zero attached hydrogens (tertiary/aromatic N) is 4. The predicted molar refractivity (Wildman–Crippen MR) is 120 cm³/mol. The van der Waals surface area contributed by atoms with Crippen molar-refractivity contribution in [1.29, 1.82) is 0 Å². The maximum Gasteiger partial charge on any atom is 0.336 e. The Morgan fingerprint density at radius 3 is 2.55 bits per heavy atom. The highest BCUT2D eigenvalue weighted by Crippen LogP contribution is 2.33. The van der Waals surface area contributed by atoms with Crippen LogP contribution in [-0.2, 0) is 19.5 Å². The third kappa shape index (κ3) is 3.70. The van der Waals surface area contributed by atoms with Crippen molar-refractivity contribution in [2.45, 2.75) is 32.9 Å². The second-order valence-electron chi connectivity index (χ2n) is 7.92. The summed E-state index contributed by atoms with van der Waals surface area (Å²) in [5.41, 5.74) is 1.34. The molecule has 1 aliphatic heterocycles. The maximum atomic E-state index is 13.5. The lowest BCUT2D eigenvalue weighted by Gasteiger charge is -2.26. The molecule has 0 unspecified atom stereocenters. The Bertz CT molecular complexity index is 1130. The second-order valence-corrected chi connectivity index (χ2v) is 9.01. The predicted octanol–water partition coefficient (Wildman–Crippen LogP) is 2.54. The quantitative estimate of drug-likeness (QED) is 0.624. The molecule has 7 heteroatoms. The van der Waals surface area contributed by atoms with E-state index in [1.165, 1.54) is 9.44 Å². The van der Waals surface area contributed by atoms with Crippen LogP contribution < -0.4 is 11.2 Å². The molecule has 0 bridgehead atoms. The van der Waals surface area contributed by atoms with Gasteiger partial charge in [-0.05, 0) is 51.2 Å². The zero-order valence-corrected chi connectivity index (χ0v) is 18.2. The fraction of sp³-hybridized carbons (Fsp3) is 0.455. The minimum absolute atomic E-state index is 0.182. The van der Waals surface area contributed by atoms with Gasteiger partial charge in [0.15, 0.2) is 0 Å². The topological polar surface area (TPSA) is 50.5 Å². The van der Waals surface area contributed by atoms with Crippen LogP contribution in [0.25, 0.3) is 15.9 Å². The average molecular weight is 413 g/mol. The summed E-state index contributed by atoms with van der Waals surface area (Å²) in [6.07, 6.45) is 1.99. The molecule has 2 aromatic heterocycles. The first-order valence-corrected chi connectivity index (χ1v) is 11.1. The van der Waals surface area contributed by atoms with Gasteiger partial charge in [0.05, 0.1) is 11.1 Å². The van der Waals surface area contributed by atoms with Crippen molar-refractivity contribution in [2.24, 2.45) is 0 Å². The molecule has 6 nitrogen and oxygen atoms in total. The van der Waals surface area contributed by atoms with Crippen LogP contribution in [0.4, 0.5) is 0 Å². The standard InChI is InChI=1S/C22H28N4O2S/c1-4-11-24-12-10-17-18(15-24)29-21-19(17)20(27)26(16-8-6-5-7-9-16)22(28)25(21)14-13-23(2)3/h5-9H,4,10-15H2,1-3H3. The molecule has 29 heavy (non-hydrogen) atoms. The SMILES string of the molecule is CCCN1CCc2c(sc3c2c(=O)n(-c2ccccc2)c(=O)n3CCN(C)C)C1. The van der Waals surface area contributed by atoms with Gasteiger partial charge in [0.2, 0.25) is 0 Å². The smallest absolute Gasteiger partial charge is 0.308 e.